The van der Waals surface area contributed by atoms with Crippen molar-refractivity contribution in [3.63, 3.8) is 0 Å². The van der Waals surface area contributed by atoms with Gasteiger partial charge in [0.05, 0.1) is 23.7 Å². The van der Waals surface area contributed by atoms with E-state index in [2.05, 4.69) is 52.9 Å². The topological polar surface area (TPSA) is 28.4 Å². The average molecular weight is 302 g/mol. The Labute approximate surface area is 130 Å². The molecule has 1 fully saturated rings. The quantitative estimate of drug-likeness (QED) is 0.858. The Morgan fingerprint density at radius 1 is 1.10 bits per heavy atom. The lowest BCUT2D eigenvalue weighted by Gasteiger charge is -2.21. The minimum Gasteiger partial charge on any atom is -0.463 e. The van der Waals surface area contributed by atoms with E-state index in [1.54, 1.807) is 11.8 Å². The first kappa shape index (κ1) is 14.4. The van der Waals surface area contributed by atoms with E-state index in [1.165, 1.54) is 24.2 Å². The highest BCUT2D eigenvalue weighted by Gasteiger charge is 2.15. The number of hydrogen-bond acceptors (Lipinski definition) is 4. The van der Waals surface area contributed by atoms with E-state index in [1.807, 2.05) is 0 Å². The largest absolute Gasteiger partial charge is 0.463 e. The molecule has 1 N–H and O–H groups in total. The Morgan fingerprint density at radius 2 is 1.86 bits per heavy atom. The number of furan rings is 1. The van der Waals surface area contributed by atoms with Crippen molar-refractivity contribution < 1.29 is 4.42 Å². The highest BCUT2D eigenvalue weighted by atomic mass is 32.2. The monoisotopic (exact) mass is 302 g/mol. The second kappa shape index (κ2) is 6.94. The van der Waals surface area contributed by atoms with Crippen LogP contribution in [0.15, 0.2) is 40.8 Å². The maximum Gasteiger partial charge on any atom is 0.123 e. The van der Waals surface area contributed by atoms with Gasteiger partial charge in [-0.05, 0) is 43.4 Å². The van der Waals surface area contributed by atoms with Gasteiger partial charge in [-0.1, -0.05) is 12.1 Å². The summed E-state index contributed by atoms with van der Waals surface area (Å²) in [6.45, 7) is 3.06. The number of nitrogens with zero attached hydrogens (tertiary/aromatic N) is 1. The van der Waals surface area contributed by atoms with Gasteiger partial charge in [-0.25, -0.2) is 0 Å². The molecule has 1 saturated heterocycles. The van der Waals surface area contributed by atoms with Crippen LogP contribution in [0.5, 0.6) is 0 Å². The molecule has 3 rings (SSSR count). The first-order valence-electron chi connectivity index (χ1n) is 7.51. The molecule has 0 spiro atoms. The van der Waals surface area contributed by atoms with Crippen LogP contribution in [-0.4, -0.2) is 19.3 Å². The summed E-state index contributed by atoms with van der Waals surface area (Å²) in [4.78, 5) is 2.46. The molecule has 1 aromatic heterocycles. The lowest BCUT2D eigenvalue weighted by Crippen LogP contribution is -2.19. The minimum atomic E-state index is 0.735. The molecular formula is C17H22N2OS. The van der Waals surface area contributed by atoms with Gasteiger partial charge in [0.15, 0.2) is 0 Å². The van der Waals surface area contributed by atoms with Gasteiger partial charge >= 0.3 is 0 Å². The minimum absolute atomic E-state index is 0.735. The summed E-state index contributed by atoms with van der Waals surface area (Å²) in [7, 11) is 0. The SMILES string of the molecule is CSCc1ccc(CNc2ccccc2N2CCCC2)o1. The molecule has 0 radical (unpaired) electrons. The molecule has 1 aliphatic heterocycles. The molecule has 2 aromatic rings. The van der Waals surface area contributed by atoms with E-state index in [0.717, 1.165) is 36.9 Å². The van der Waals surface area contributed by atoms with Crippen LogP contribution >= 0.6 is 11.8 Å². The Kier molecular flexibility index (Phi) is 4.76. The van der Waals surface area contributed by atoms with Crippen LogP contribution in [0.2, 0.25) is 0 Å². The molecule has 3 nitrogen and oxygen atoms in total. The van der Waals surface area contributed by atoms with Gasteiger partial charge in [-0.15, -0.1) is 0 Å². The third-order valence-electron chi connectivity index (χ3n) is 3.81. The van der Waals surface area contributed by atoms with Crippen LogP contribution in [0.25, 0.3) is 0 Å². The van der Waals surface area contributed by atoms with Crippen molar-refractivity contribution >= 4 is 23.1 Å². The van der Waals surface area contributed by atoms with Gasteiger partial charge in [0.25, 0.3) is 0 Å². The smallest absolute Gasteiger partial charge is 0.123 e. The lowest BCUT2D eigenvalue weighted by molar-refractivity contribution is 0.487. The van der Waals surface area contributed by atoms with Crippen molar-refractivity contribution in [2.45, 2.75) is 25.1 Å². The molecule has 0 unspecified atom stereocenters. The fraction of sp³-hybridized carbons (Fsp3) is 0.412. The maximum atomic E-state index is 5.81. The Morgan fingerprint density at radius 3 is 2.67 bits per heavy atom. The molecule has 2 heterocycles. The Bertz CT molecular complexity index is 576. The van der Waals surface area contributed by atoms with Crippen LogP contribution in [0, 0.1) is 0 Å². The maximum absolute atomic E-state index is 5.81. The molecule has 21 heavy (non-hydrogen) atoms. The first-order valence-corrected chi connectivity index (χ1v) is 8.90. The molecule has 0 bridgehead atoms. The second-order valence-corrected chi connectivity index (χ2v) is 6.23. The Balaban J connectivity index is 1.66. The number of rotatable bonds is 6. The van der Waals surface area contributed by atoms with Crippen LogP contribution in [0.3, 0.4) is 0 Å². The Hall–Kier alpha value is -1.55. The molecule has 0 saturated carbocycles. The summed E-state index contributed by atoms with van der Waals surface area (Å²) in [6, 6.07) is 12.7. The molecule has 1 aromatic carbocycles. The van der Waals surface area contributed by atoms with Crippen molar-refractivity contribution in [2.24, 2.45) is 0 Å². The van der Waals surface area contributed by atoms with Gasteiger partial charge in [-0.2, -0.15) is 11.8 Å². The molecule has 0 atom stereocenters. The zero-order valence-electron chi connectivity index (χ0n) is 12.5. The fourth-order valence-corrected chi connectivity index (χ4v) is 3.22. The van der Waals surface area contributed by atoms with Crippen LogP contribution < -0.4 is 10.2 Å². The zero-order valence-corrected chi connectivity index (χ0v) is 13.3. The van der Waals surface area contributed by atoms with Gasteiger partial charge in [-0.3, -0.25) is 0 Å². The van der Waals surface area contributed by atoms with E-state index < -0.39 is 0 Å². The molecule has 1 aliphatic rings. The number of para-hydroxylation sites is 2. The molecule has 112 valence electrons. The highest BCUT2D eigenvalue weighted by Crippen LogP contribution is 2.29. The van der Waals surface area contributed by atoms with Gasteiger partial charge < -0.3 is 14.6 Å². The van der Waals surface area contributed by atoms with Gasteiger partial charge in [0.1, 0.15) is 11.5 Å². The number of hydrogen-bond donors (Lipinski definition) is 1. The number of anilines is 2. The van der Waals surface area contributed by atoms with Crippen molar-refractivity contribution in [3.8, 4) is 0 Å². The standard InChI is InChI=1S/C17H22N2OS/c1-21-13-15-9-8-14(20-15)12-18-16-6-2-3-7-17(16)19-10-4-5-11-19/h2-3,6-9,18H,4-5,10-13H2,1H3. The van der Waals surface area contributed by atoms with Crippen LogP contribution in [-0.2, 0) is 12.3 Å². The number of nitrogens with one attached hydrogen (secondary N) is 1. The predicted molar refractivity (Wildman–Crippen MR) is 91.1 cm³/mol. The predicted octanol–water partition coefficient (Wildman–Crippen LogP) is 4.35. The zero-order chi connectivity index (χ0) is 14.5. The third kappa shape index (κ3) is 3.56. The lowest BCUT2D eigenvalue weighted by atomic mass is 10.2. The molecule has 4 heteroatoms. The van der Waals surface area contributed by atoms with Crippen molar-refractivity contribution in [1.82, 2.24) is 0 Å². The second-order valence-electron chi connectivity index (χ2n) is 5.37. The summed E-state index contributed by atoms with van der Waals surface area (Å²) in [5.41, 5.74) is 2.51. The molecular weight excluding hydrogens is 280 g/mol. The summed E-state index contributed by atoms with van der Waals surface area (Å²) >= 11 is 1.78. The van der Waals surface area contributed by atoms with E-state index >= 15 is 0 Å². The van der Waals surface area contributed by atoms with Crippen molar-refractivity contribution in [3.05, 3.63) is 47.9 Å². The number of thioether (sulfide) groups is 1. The van der Waals surface area contributed by atoms with E-state index in [-0.39, 0.29) is 0 Å². The van der Waals surface area contributed by atoms with Gasteiger partial charge in [0, 0.05) is 13.1 Å². The number of benzene rings is 1. The van der Waals surface area contributed by atoms with Crippen LogP contribution in [0.1, 0.15) is 24.4 Å². The summed E-state index contributed by atoms with van der Waals surface area (Å²) in [6.07, 6.45) is 4.68. The normalized spacial score (nSPS) is 14.6. The molecule has 0 amide bonds. The van der Waals surface area contributed by atoms with Gasteiger partial charge in [0.2, 0.25) is 0 Å². The van der Waals surface area contributed by atoms with E-state index in [4.69, 9.17) is 4.42 Å². The van der Waals surface area contributed by atoms with Crippen molar-refractivity contribution in [1.29, 1.82) is 0 Å². The fourth-order valence-electron chi connectivity index (χ4n) is 2.78. The van der Waals surface area contributed by atoms with E-state index in [9.17, 15) is 0 Å². The first-order chi connectivity index (χ1) is 10.4. The van der Waals surface area contributed by atoms with Crippen LogP contribution in [0.4, 0.5) is 11.4 Å². The highest BCUT2D eigenvalue weighted by molar-refractivity contribution is 7.97. The summed E-state index contributed by atoms with van der Waals surface area (Å²) in [5.74, 6) is 2.98. The van der Waals surface area contributed by atoms with E-state index in [0.29, 0.717) is 0 Å². The molecule has 0 aliphatic carbocycles. The summed E-state index contributed by atoms with van der Waals surface area (Å²) in [5, 5.41) is 3.52. The third-order valence-corrected chi connectivity index (χ3v) is 4.38. The average Bonchev–Trinajstić information content (AvgIpc) is 3.17. The summed E-state index contributed by atoms with van der Waals surface area (Å²) < 4.78 is 5.81. The van der Waals surface area contributed by atoms with Crippen molar-refractivity contribution in [2.75, 3.05) is 29.6 Å².